The standard InChI is InChI=1S/C11H20N2OS/c1-3-4-5-6-9(13-12)11-10(14-2)7-8-15-11/h7-9,13H,3-6,12H2,1-2H3. The number of rotatable bonds is 7. The molecule has 4 heteroatoms. The Hall–Kier alpha value is -0.580. The van der Waals surface area contributed by atoms with Crippen molar-refractivity contribution in [2.45, 2.75) is 38.6 Å². The van der Waals surface area contributed by atoms with Gasteiger partial charge in [-0.2, -0.15) is 0 Å². The van der Waals surface area contributed by atoms with Gasteiger partial charge in [-0.05, 0) is 17.9 Å². The summed E-state index contributed by atoms with van der Waals surface area (Å²) < 4.78 is 5.29. The molecule has 1 heterocycles. The number of hydrazine groups is 1. The first-order valence-electron chi connectivity index (χ1n) is 5.41. The van der Waals surface area contributed by atoms with Crippen molar-refractivity contribution in [3.8, 4) is 5.75 Å². The van der Waals surface area contributed by atoms with Crippen molar-refractivity contribution in [2.24, 2.45) is 5.84 Å². The molecule has 0 saturated heterocycles. The van der Waals surface area contributed by atoms with E-state index < -0.39 is 0 Å². The fraction of sp³-hybridized carbons (Fsp3) is 0.636. The monoisotopic (exact) mass is 228 g/mol. The predicted molar refractivity (Wildman–Crippen MR) is 65.1 cm³/mol. The third kappa shape index (κ3) is 3.48. The van der Waals surface area contributed by atoms with E-state index in [1.807, 2.05) is 11.4 Å². The van der Waals surface area contributed by atoms with Gasteiger partial charge in [0.25, 0.3) is 0 Å². The highest BCUT2D eigenvalue weighted by Crippen LogP contribution is 2.33. The van der Waals surface area contributed by atoms with Gasteiger partial charge in [-0.15, -0.1) is 11.3 Å². The summed E-state index contributed by atoms with van der Waals surface area (Å²) in [5.41, 5.74) is 2.87. The van der Waals surface area contributed by atoms with Crippen LogP contribution in [0.5, 0.6) is 5.75 Å². The molecule has 0 spiro atoms. The van der Waals surface area contributed by atoms with Crippen LogP contribution in [-0.4, -0.2) is 7.11 Å². The number of nitrogens with two attached hydrogens (primary N) is 1. The lowest BCUT2D eigenvalue weighted by Gasteiger charge is -2.15. The molecule has 1 rings (SSSR count). The van der Waals surface area contributed by atoms with Crippen LogP contribution in [0.1, 0.15) is 43.5 Å². The van der Waals surface area contributed by atoms with Crippen LogP contribution in [0, 0.1) is 0 Å². The third-order valence-corrected chi connectivity index (χ3v) is 3.50. The summed E-state index contributed by atoms with van der Waals surface area (Å²) >= 11 is 1.70. The Morgan fingerprint density at radius 2 is 2.33 bits per heavy atom. The van der Waals surface area contributed by atoms with E-state index in [0.717, 1.165) is 12.2 Å². The topological polar surface area (TPSA) is 47.3 Å². The molecule has 0 aromatic carbocycles. The lowest BCUT2D eigenvalue weighted by molar-refractivity contribution is 0.398. The Bertz CT molecular complexity index is 275. The highest BCUT2D eigenvalue weighted by Gasteiger charge is 2.15. The summed E-state index contributed by atoms with van der Waals surface area (Å²) in [6.07, 6.45) is 4.76. The minimum atomic E-state index is 0.228. The van der Waals surface area contributed by atoms with Crippen LogP contribution < -0.4 is 16.0 Å². The highest BCUT2D eigenvalue weighted by molar-refractivity contribution is 7.10. The molecule has 0 aliphatic carbocycles. The van der Waals surface area contributed by atoms with Gasteiger partial charge in [0.15, 0.2) is 0 Å². The van der Waals surface area contributed by atoms with Crippen LogP contribution in [0.2, 0.25) is 0 Å². The quantitative estimate of drug-likeness (QED) is 0.428. The van der Waals surface area contributed by atoms with Gasteiger partial charge in [-0.25, -0.2) is 0 Å². The van der Waals surface area contributed by atoms with Gasteiger partial charge < -0.3 is 4.74 Å². The number of ether oxygens (including phenoxy) is 1. The number of nitrogens with one attached hydrogen (secondary N) is 1. The molecule has 0 saturated carbocycles. The van der Waals surface area contributed by atoms with E-state index in [1.165, 1.54) is 24.1 Å². The van der Waals surface area contributed by atoms with Crippen LogP contribution in [0.15, 0.2) is 11.4 Å². The van der Waals surface area contributed by atoms with Crippen molar-refractivity contribution < 1.29 is 4.74 Å². The molecule has 0 radical (unpaired) electrons. The first-order chi connectivity index (χ1) is 7.33. The molecule has 0 amide bonds. The van der Waals surface area contributed by atoms with E-state index in [1.54, 1.807) is 18.4 Å². The Kier molecular flexibility index (Phi) is 5.68. The molecule has 1 unspecified atom stereocenters. The molecule has 0 fully saturated rings. The van der Waals surface area contributed by atoms with Crippen molar-refractivity contribution in [1.29, 1.82) is 0 Å². The lowest BCUT2D eigenvalue weighted by Crippen LogP contribution is -2.27. The van der Waals surface area contributed by atoms with Crippen LogP contribution in [0.25, 0.3) is 0 Å². The van der Waals surface area contributed by atoms with Crippen LogP contribution in [0.4, 0.5) is 0 Å². The van der Waals surface area contributed by atoms with Gasteiger partial charge in [-0.3, -0.25) is 11.3 Å². The van der Waals surface area contributed by atoms with Crippen LogP contribution in [-0.2, 0) is 0 Å². The maximum atomic E-state index is 5.57. The summed E-state index contributed by atoms with van der Waals surface area (Å²) in [5, 5.41) is 2.04. The highest BCUT2D eigenvalue weighted by atomic mass is 32.1. The van der Waals surface area contributed by atoms with Crippen molar-refractivity contribution in [1.82, 2.24) is 5.43 Å². The van der Waals surface area contributed by atoms with E-state index in [0.29, 0.717) is 0 Å². The molecular weight excluding hydrogens is 208 g/mol. The van der Waals surface area contributed by atoms with Crippen molar-refractivity contribution in [2.75, 3.05) is 7.11 Å². The predicted octanol–water partition coefficient (Wildman–Crippen LogP) is 2.84. The molecule has 86 valence electrons. The zero-order valence-electron chi connectivity index (χ0n) is 9.45. The third-order valence-electron chi connectivity index (χ3n) is 2.49. The summed E-state index contributed by atoms with van der Waals surface area (Å²) in [4.78, 5) is 1.20. The molecule has 3 N–H and O–H groups in total. The Balaban J connectivity index is 2.57. The zero-order chi connectivity index (χ0) is 11.1. The SMILES string of the molecule is CCCCCC(NN)c1sccc1OC. The Morgan fingerprint density at radius 1 is 1.53 bits per heavy atom. The zero-order valence-corrected chi connectivity index (χ0v) is 10.3. The second kappa shape index (κ2) is 6.82. The second-order valence-corrected chi connectivity index (χ2v) is 4.52. The van der Waals surface area contributed by atoms with E-state index in [-0.39, 0.29) is 6.04 Å². The van der Waals surface area contributed by atoms with Gasteiger partial charge in [-0.1, -0.05) is 26.2 Å². The van der Waals surface area contributed by atoms with Crippen LogP contribution in [0.3, 0.4) is 0 Å². The lowest BCUT2D eigenvalue weighted by atomic mass is 10.1. The van der Waals surface area contributed by atoms with Crippen molar-refractivity contribution in [3.05, 3.63) is 16.3 Å². The average molecular weight is 228 g/mol. The molecule has 1 aromatic rings. The van der Waals surface area contributed by atoms with Gasteiger partial charge >= 0.3 is 0 Å². The summed E-state index contributed by atoms with van der Waals surface area (Å²) in [5.74, 6) is 6.51. The summed E-state index contributed by atoms with van der Waals surface area (Å²) in [7, 11) is 1.70. The van der Waals surface area contributed by atoms with E-state index >= 15 is 0 Å². The number of hydrogen-bond acceptors (Lipinski definition) is 4. The molecule has 15 heavy (non-hydrogen) atoms. The van der Waals surface area contributed by atoms with E-state index in [9.17, 15) is 0 Å². The van der Waals surface area contributed by atoms with Crippen molar-refractivity contribution in [3.63, 3.8) is 0 Å². The van der Waals surface area contributed by atoms with Gasteiger partial charge in [0.1, 0.15) is 5.75 Å². The molecular formula is C11H20N2OS. The fourth-order valence-corrected chi connectivity index (χ4v) is 2.58. The molecule has 3 nitrogen and oxygen atoms in total. The Morgan fingerprint density at radius 3 is 2.93 bits per heavy atom. The minimum Gasteiger partial charge on any atom is -0.496 e. The minimum absolute atomic E-state index is 0.228. The normalized spacial score (nSPS) is 12.7. The fourth-order valence-electron chi connectivity index (χ4n) is 1.62. The smallest absolute Gasteiger partial charge is 0.134 e. The van der Waals surface area contributed by atoms with Gasteiger partial charge in [0, 0.05) is 0 Å². The maximum absolute atomic E-state index is 5.57. The van der Waals surface area contributed by atoms with E-state index in [2.05, 4.69) is 12.3 Å². The molecule has 1 aromatic heterocycles. The van der Waals surface area contributed by atoms with Crippen molar-refractivity contribution >= 4 is 11.3 Å². The maximum Gasteiger partial charge on any atom is 0.134 e. The number of methoxy groups -OCH3 is 1. The first-order valence-corrected chi connectivity index (χ1v) is 6.29. The Labute approximate surface area is 95.6 Å². The second-order valence-electron chi connectivity index (χ2n) is 3.57. The molecule has 0 aliphatic rings. The molecule has 1 atom stereocenters. The number of unbranched alkanes of at least 4 members (excludes halogenated alkanes) is 2. The van der Waals surface area contributed by atoms with Gasteiger partial charge in [0.05, 0.1) is 18.0 Å². The summed E-state index contributed by atoms with van der Waals surface area (Å²) in [6, 6.07) is 2.22. The first kappa shape index (κ1) is 12.5. The molecule has 0 bridgehead atoms. The van der Waals surface area contributed by atoms with Crippen LogP contribution >= 0.6 is 11.3 Å². The summed E-state index contributed by atoms with van der Waals surface area (Å²) in [6.45, 7) is 2.20. The van der Waals surface area contributed by atoms with E-state index in [4.69, 9.17) is 10.6 Å². The van der Waals surface area contributed by atoms with Gasteiger partial charge in [0.2, 0.25) is 0 Å². The largest absolute Gasteiger partial charge is 0.496 e. The number of thiophene rings is 1. The average Bonchev–Trinajstić information content (AvgIpc) is 2.72. The molecule has 0 aliphatic heterocycles. The number of hydrogen-bond donors (Lipinski definition) is 2.